The molecule has 5 heterocycles. The first-order valence-corrected chi connectivity index (χ1v) is 10.7. The Balaban J connectivity index is 1.25. The molecule has 0 N–H and O–H groups in total. The zero-order valence-electron chi connectivity index (χ0n) is 16.6. The standard InChI is InChI=1S/C21H28N6O/c1-24-9-3-16-17(4-10-24)23-18-2-8-22-27(18)19(16)26-12-15(13-26)20(28)25-11-7-21(14-25)5-6-21/h2,8,15H,3-7,9-14H2,1H3. The van der Waals surface area contributed by atoms with Gasteiger partial charge in [-0.05, 0) is 38.1 Å². The molecule has 0 unspecified atom stereocenters. The number of amides is 1. The van der Waals surface area contributed by atoms with E-state index in [0.717, 1.165) is 57.8 Å². The quantitative estimate of drug-likeness (QED) is 0.784. The Morgan fingerprint density at radius 3 is 2.75 bits per heavy atom. The van der Waals surface area contributed by atoms with Crippen molar-refractivity contribution in [2.24, 2.45) is 11.3 Å². The highest BCUT2D eigenvalue weighted by Crippen LogP contribution is 2.53. The average molecular weight is 380 g/mol. The van der Waals surface area contributed by atoms with Crippen molar-refractivity contribution in [2.75, 3.05) is 51.2 Å². The van der Waals surface area contributed by atoms with E-state index in [1.54, 1.807) is 0 Å². The molecule has 2 aromatic heterocycles. The SMILES string of the molecule is CN1CCc2nc3ccnn3c(N3CC(C(=O)N4CCC5(CC5)C4)C3)c2CC1. The monoisotopic (exact) mass is 380 g/mol. The Bertz CT molecular complexity index is 942. The first-order chi connectivity index (χ1) is 13.6. The lowest BCUT2D eigenvalue weighted by atomic mass is 9.96. The molecule has 4 aliphatic rings. The largest absolute Gasteiger partial charge is 0.354 e. The summed E-state index contributed by atoms with van der Waals surface area (Å²) in [6, 6.07) is 1.99. The van der Waals surface area contributed by atoms with Crippen LogP contribution in [0.15, 0.2) is 12.3 Å². The van der Waals surface area contributed by atoms with Crippen LogP contribution in [0, 0.1) is 11.3 Å². The Labute approximate surface area is 165 Å². The number of rotatable bonds is 2. The van der Waals surface area contributed by atoms with Crippen molar-refractivity contribution in [3.05, 3.63) is 23.5 Å². The van der Waals surface area contributed by atoms with Crippen molar-refractivity contribution >= 4 is 17.4 Å². The molecule has 7 heteroatoms. The third kappa shape index (κ3) is 2.55. The van der Waals surface area contributed by atoms with Gasteiger partial charge in [0.2, 0.25) is 5.91 Å². The second-order valence-electron chi connectivity index (χ2n) is 9.38. The van der Waals surface area contributed by atoms with Crippen LogP contribution in [-0.4, -0.2) is 76.6 Å². The summed E-state index contributed by atoms with van der Waals surface area (Å²) in [5.74, 6) is 1.68. The summed E-state index contributed by atoms with van der Waals surface area (Å²) < 4.78 is 1.99. The lowest BCUT2D eigenvalue weighted by molar-refractivity contribution is -0.135. The van der Waals surface area contributed by atoms with Gasteiger partial charge >= 0.3 is 0 Å². The van der Waals surface area contributed by atoms with Crippen LogP contribution < -0.4 is 4.90 Å². The number of anilines is 1. The maximum Gasteiger partial charge on any atom is 0.229 e. The molecule has 0 radical (unpaired) electrons. The van der Waals surface area contributed by atoms with Crippen molar-refractivity contribution in [1.82, 2.24) is 24.4 Å². The highest BCUT2D eigenvalue weighted by Gasteiger charge is 2.50. The van der Waals surface area contributed by atoms with Crippen molar-refractivity contribution in [2.45, 2.75) is 32.1 Å². The number of fused-ring (bicyclic) bond motifs is 2. The van der Waals surface area contributed by atoms with Crippen molar-refractivity contribution < 1.29 is 4.79 Å². The van der Waals surface area contributed by atoms with Crippen LogP contribution in [-0.2, 0) is 17.6 Å². The minimum Gasteiger partial charge on any atom is -0.354 e. The minimum absolute atomic E-state index is 0.136. The van der Waals surface area contributed by atoms with Gasteiger partial charge in [0.1, 0.15) is 5.82 Å². The van der Waals surface area contributed by atoms with Crippen LogP contribution in [0.2, 0.25) is 0 Å². The second kappa shape index (κ2) is 5.92. The molecule has 0 atom stereocenters. The third-order valence-electron chi connectivity index (χ3n) is 7.40. The topological polar surface area (TPSA) is 57.0 Å². The van der Waals surface area contributed by atoms with Crippen LogP contribution in [0.25, 0.3) is 5.65 Å². The van der Waals surface area contributed by atoms with E-state index in [-0.39, 0.29) is 5.92 Å². The van der Waals surface area contributed by atoms with Gasteiger partial charge in [0.25, 0.3) is 0 Å². The molecule has 6 rings (SSSR count). The molecule has 148 valence electrons. The lowest BCUT2D eigenvalue weighted by Gasteiger charge is -2.42. The molecular formula is C21H28N6O. The molecule has 1 aliphatic carbocycles. The zero-order chi connectivity index (χ0) is 18.9. The maximum atomic E-state index is 13.0. The minimum atomic E-state index is 0.136. The van der Waals surface area contributed by atoms with Gasteiger partial charge in [-0.2, -0.15) is 9.61 Å². The van der Waals surface area contributed by atoms with Crippen LogP contribution in [0.3, 0.4) is 0 Å². The molecule has 1 saturated carbocycles. The molecular weight excluding hydrogens is 352 g/mol. The van der Waals surface area contributed by atoms with Gasteiger partial charge < -0.3 is 14.7 Å². The fourth-order valence-corrected chi connectivity index (χ4v) is 5.28. The third-order valence-corrected chi connectivity index (χ3v) is 7.40. The van der Waals surface area contributed by atoms with E-state index < -0.39 is 0 Å². The Kier molecular flexibility index (Phi) is 3.55. The number of hydrogen-bond acceptors (Lipinski definition) is 5. The molecule has 1 spiro atoms. The summed E-state index contributed by atoms with van der Waals surface area (Å²) in [5.41, 5.74) is 3.96. The highest BCUT2D eigenvalue weighted by molar-refractivity contribution is 5.82. The van der Waals surface area contributed by atoms with E-state index in [1.165, 1.54) is 36.3 Å². The number of carbonyl (C=O) groups is 1. The molecule has 0 aromatic carbocycles. The first-order valence-electron chi connectivity index (χ1n) is 10.7. The molecule has 2 aromatic rings. The first kappa shape index (κ1) is 16.8. The van der Waals surface area contributed by atoms with Gasteiger partial charge in [-0.1, -0.05) is 0 Å². The van der Waals surface area contributed by atoms with Gasteiger partial charge in [-0.15, -0.1) is 0 Å². The summed E-state index contributed by atoms with van der Waals surface area (Å²) >= 11 is 0. The number of carbonyl (C=O) groups excluding carboxylic acids is 1. The molecule has 3 fully saturated rings. The zero-order valence-corrected chi connectivity index (χ0v) is 16.6. The summed E-state index contributed by atoms with van der Waals surface area (Å²) in [7, 11) is 2.18. The summed E-state index contributed by atoms with van der Waals surface area (Å²) in [6.45, 7) is 5.67. The molecule has 28 heavy (non-hydrogen) atoms. The fraction of sp³-hybridized carbons (Fsp3) is 0.667. The summed E-state index contributed by atoms with van der Waals surface area (Å²) in [5, 5.41) is 4.56. The molecule has 3 aliphatic heterocycles. The molecule has 2 saturated heterocycles. The van der Waals surface area contributed by atoms with E-state index in [1.807, 2.05) is 16.8 Å². The van der Waals surface area contributed by atoms with E-state index in [9.17, 15) is 4.79 Å². The number of nitrogens with zero attached hydrogens (tertiary/aromatic N) is 6. The summed E-state index contributed by atoms with van der Waals surface area (Å²) in [4.78, 5) is 24.7. The summed E-state index contributed by atoms with van der Waals surface area (Å²) in [6.07, 6.45) is 7.67. The van der Waals surface area contributed by atoms with Crippen LogP contribution in [0.1, 0.15) is 30.5 Å². The van der Waals surface area contributed by atoms with Gasteiger partial charge in [-0.25, -0.2) is 4.98 Å². The van der Waals surface area contributed by atoms with Crippen LogP contribution in [0.4, 0.5) is 5.82 Å². The number of hydrogen-bond donors (Lipinski definition) is 0. The number of likely N-dealkylation sites (N-methyl/N-ethyl adjacent to an activating group) is 1. The van der Waals surface area contributed by atoms with Crippen molar-refractivity contribution in [3.63, 3.8) is 0 Å². The van der Waals surface area contributed by atoms with Gasteiger partial charge in [0.05, 0.1) is 17.8 Å². The Morgan fingerprint density at radius 2 is 1.96 bits per heavy atom. The van der Waals surface area contributed by atoms with Gasteiger partial charge in [-0.3, -0.25) is 4.79 Å². The maximum absolute atomic E-state index is 13.0. The second-order valence-corrected chi connectivity index (χ2v) is 9.38. The predicted molar refractivity (Wildman–Crippen MR) is 106 cm³/mol. The average Bonchev–Trinajstić information content (AvgIpc) is 3.09. The molecule has 7 nitrogen and oxygen atoms in total. The van der Waals surface area contributed by atoms with Crippen molar-refractivity contribution in [3.8, 4) is 0 Å². The smallest absolute Gasteiger partial charge is 0.229 e. The van der Waals surface area contributed by atoms with E-state index in [2.05, 4.69) is 26.8 Å². The Morgan fingerprint density at radius 1 is 1.14 bits per heavy atom. The van der Waals surface area contributed by atoms with Crippen LogP contribution >= 0.6 is 0 Å². The van der Waals surface area contributed by atoms with Gasteiger partial charge in [0.15, 0.2) is 5.65 Å². The number of likely N-dealkylation sites (tertiary alicyclic amines) is 1. The molecule has 1 amide bonds. The fourth-order valence-electron chi connectivity index (χ4n) is 5.28. The van der Waals surface area contributed by atoms with E-state index in [4.69, 9.17) is 4.98 Å². The van der Waals surface area contributed by atoms with Crippen LogP contribution in [0.5, 0.6) is 0 Å². The van der Waals surface area contributed by atoms with Gasteiger partial charge in [0, 0.05) is 57.3 Å². The Hall–Kier alpha value is -2.15. The van der Waals surface area contributed by atoms with E-state index >= 15 is 0 Å². The normalized spacial score (nSPS) is 24.5. The van der Waals surface area contributed by atoms with Crippen molar-refractivity contribution in [1.29, 1.82) is 0 Å². The highest BCUT2D eigenvalue weighted by atomic mass is 16.2. The van der Waals surface area contributed by atoms with E-state index in [0.29, 0.717) is 11.3 Å². The predicted octanol–water partition coefficient (Wildman–Crippen LogP) is 1.21. The lowest BCUT2D eigenvalue weighted by Crippen LogP contribution is -2.55. The molecule has 0 bridgehead atoms. The number of aromatic nitrogens is 3.